The van der Waals surface area contributed by atoms with Crippen molar-refractivity contribution in [1.82, 2.24) is 9.97 Å². The Bertz CT molecular complexity index is 430. The first kappa shape index (κ1) is 15.7. The monoisotopic (exact) mass is 296 g/mol. The van der Waals surface area contributed by atoms with Gasteiger partial charge in [-0.15, -0.1) is 0 Å². The Morgan fingerprint density at radius 2 is 2.10 bits per heavy atom. The van der Waals surface area contributed by atoms with Crippen LogP contribution in [0.15, 0.2) is 6.07 Å². The third-order valence-corrected chi connectivity index (χ3v) is 4.45. The first-order chi connectivity index (χ1) is 9.45. The molecule has 0 spiro atoms. The van der Waals surface area contributed by atoms with Crippen LogP contribution in [0.4, 0.5) is 0 Å². The lowest BCUT2D eigenvalue weighted by Gasteiger charge is -2.37. The van der Waals surface area contributed by atoms with Crippen molar-refractivity contribution in [3.8, 4) is 0 Å². The molecule has 3 nitrogen and oxygen atoms in total. The van der Waals surface area contributed by atoms with Gasteiger partial charge in [-0.25, -0.2) is 9.97 Å². The van der Waals surface area contributed by atoms with Gasteiger partial charge in [0.2, 0.25) is 0 Å². The van der Waals surface area contributed by atoms with Crippen LogP contribution < -0.4 is 0 Å². The summed E-state index contributed by atoms with van der Waals surface area (Å²) < 4.78 is 6.14. The minimum atomic E-state index is 0.321. The number of aryl methyl sites for hydroxylation is 1. The molecule has 3 atom stereocenters. The van der Waals surface area contributed by atoms with Gasteiger partial charge in [0.05, 0.1) is 6.10 Å². The average Bonchev–Trinajstić information content (AvgIpc) is 2.35. The number of hydrogen-bond donors (Lipinski definition) is 0. The highest BCUT2D eigenvalue weighted by Crippen LogP contribution is 2.35. The summed E-state index contributed by atoms with van der Waals surface area (Å²) in [5.41, 5.74) is 0.890. The summed E-state index contributed by atoms with van der Waals surface area (Å²) in [6, 6.07) is 1.77. The van der Waals surface area contributed by atoms with Crippen molar-refractivity contribution in [2.24, 2.45) is 17.8 Å². The molecule has 1 aromatic rings. The topological polar surface area (TPSA) is 35.0 Å². The third-order valence-electron chi connectivity index (χ3n) is 4.26. The maximum Gasteiger partial charge on any atom is 0.155 e. The second-order valence-corrected chi connectivity index (χ2v) is 6.81. The molecule has 1 aliphatic rings. The standard InChI is InChI=1S/C16H25ClN2O/c1-10(2)13-6-5-11(3)7-14(13)20-9-16-18-12(4)8-15(17)19-16/h8,10-11,13-14H,5-7,9H2,1-4H3. The molecule has 1 aliphatic carbocycles. The number of nitrogens with zero attached hydrogens (tertiary/aromatic N) is 2. The summed E-state index contributed by atoms with van der Waals surface area (Å²) in [6.07, 6.45) is 4.04. The van der Waals surface area contributed by atoms with Gasteiger partial charge in [0.25, 0.3) is 0 Å². The fourth-order valence-electron chi connectivity index (χ4n) is 3.14. The highest BCUT2D eigenvalue weighted by atomic mass is 35.5. The summed E-state index contributed by atoms with van der Waals surface area (Å²) >= 11 is 5.97. The fourth-order valence-corrected chi connectivity index (χ4v) is 3.40. The zero-order chi connectivity index (χ0) is 14.7. The van der Waals surface area contributed by atoms with Crippen molar-refractivity contribution in [3.05, 3.63) is 22.7 Å². The van der Waals surface area contributed by atoms with E-state index in [1.165, 1.54) is 12.8 Å². The van der Waals surface area contributed by atoms with Gasteiger partial charge in [0.15, 0.2) is 5.82 Å². The number of ether oxygens (including phenoxy) is 1. The van der Waals surface area contributed by atoms with Crippen LogP contribution in [0.1, 0.15) is 51.6 Å². The molecule has 1 saturated carbocycles. The maximum absolute atomic E-state index is 6.14. The molecule has 20 heavy (non-hydrogen) atoms. The molecule has 4 heteroatoms. The molecular formula is C16H25ClN2O. The Labute approximate surface area is 127 Å². The van der Waals surface area contributed by atoms with Crippen LogP contribution in [0, 0.1) is 24.7 Å². The van der Waals surface area contributed by atoms with Crippen molar-refractivity contribution in [3.63, 3.8) is 0 Å². The third kappa shape index (κ3) is 4.16. The SMILES string of the molecule is Cc1cc(Cl)nc(COC2CC(C)CCC2C(C)C)n1. The lowest BCUT2D eigenvalue weighted by molar-refractivity contribution is -0.0494. The number of halogens is 1. The molecule has 0 bridgehead atoms. The van der Waals surface area contributed by atoms with E-state index in [-0.39, 0.29) is 0 Å². The van der Waals surface area contributed by atoms with Gasteiger partial charge in [-0.2, -0.15) is 0 Å². The molecule has 0 N–H and O–H groups in total. The van der Waals surface area contributed by atoms with Crippen LogP contribution >= 0.6 is 11.6 Å². The summed E-state index contributed by atoms with van der Waals surface area (Å²) in [5, 5.41) is 0.494. The Balaban J connectivity index is 1.99. The van der Waals surface area contributed by atoms with Crippen molar-refractivity contribution in [2.75, 3.05) is 0 Å². The van der Waals surface area contributed by atoms with Gasteiger partial charge < -0.3 is 4.74 Å². The molecule has 2 rings (SSSR count). The van der Waals surface area contributed by atoms with Gasteiger partial charge in [0, 0.05) is 5.69 Å². The number of hydrogen-bond acceptors (Lipinski definition) is 3. The lowest BCUT2D eigenvalue weighted by atomic mass is 9.75. The van der Waals surface area contributed by atoms with Crippen LogP contribution in [0.5, 0.6) is 0 Å². The predicted octanol–water partition coefficient (Wildman–Crippen LogP) is 4.42. The van der Waals surface area contributed by atoms with Gasteiger partial charge in [-0.3, -0.25) is 0 Å². The molecule has 3 unspecified atom stereocenters. The highest BCUT2D eigenvalue weighted by Gasteiger charge is 2.31. The van der Waals surface area contributed by atoms with E-state index >= 15 is 0 Å². The molecule has 0 saturated heterocycles. The summed E-state index contributed by atoms with van der Waals surface area (Å²) in [5.74, 6) is 2.74. The minimum Gasteiger partial charge on any atom is -0.370 e. The molecule has 1 heterocycles. The van der Waals surface area contributed by atoms with E-state index < -0.39 is 0 Å². The van der Waals surface area contributed by atoms with Crippen LogP contribution in [-0.4, -0.2) is 16.1 Å². The zero-order valence-corrected chi connectivity index (χ0v) is 13.7. The first-order valence-corrected chi connectivity index (χ1v) is 7.95. The van der Waals surface area contributed by atoms with Crippen LogP contribution in [0.3, 0.4) is 0 Å². The Morgan fingerprint density at radius 3 is 2.75 bits per heavy atom. The van der Waals surface area contributed by atoms with E-state index in [1.54, 1.807) is 6.07 Å². The van der Waals surface area contributed by atoms with Gasteiger partial charge >= 0.3 is 0 Å². The van der Waals surface area contributed by atoms with E-state index in [1.807, 2.05) is 6.92 Å². The smallest absolute Gasteiger partial charge is 0.155 e. The largest absolute Gasteiger partial charge is 0.370 e. The molecule has 0 amide bonds. The maximum atomic E-state index is 6.14. The molecule has 0 aliphatic heterocycles. The molecule has 1 fully saturated rings. The Hall–Kier alpha value is -0.670. The van der Waals surface area contributed by atoms with Crippen LogP contribution in [0.2, 0.25) is 5.15 Å². The van der Waals surface area contributed by atoms with E-state index in [0.717, 1.165) is 18.0 Å². The minimum absolute atomic E-state index is 0.321. The van der Waals surface area contributed by atoms with Crippen LogP contribution in [-0.2, 0) is 11.3 Å². The van der Waals surface area contributed by atoms with Gasteiger partial charge in [-0.1, -0.05) is 38.8 Å². The molecule has 0 aromatic carbocycles. The average molecular weight is 297 g/mol. The van der Waals surface area contributed by atoms with E-state index in [4.69, 9.17) is 16.3 Å². The summed E-state index contributed by atoms with van der Waals surface area (Å²) in [6.45, 7) is 9.28. The number of aromatic nitrogens is 2. The van der Waals surface area contributed by atoms with Crippen molar-refractivity contribution < 1.29 is 4.74 Å². The summed E-state index contributed by atoms with van der Waals surface area (Å²) in [4.78, 5) is 8.62. The lowest BCUT2D eigenvalue weighted by Crippen LogP contribution is -2.34. The van der Waals surface area contributed by atoms with E-state index in [0.29, 0.717) is 35.5 Å². The fraction of sp³-hybridized carbons (Fsp3) is 0.750. The van der Waals surface area contributed by atoms with Crippen molar-refractivity contribution >= 4 is 11.6 Å². The van der Waals surface area contributed by atoms with Gasteiger partial charge in [-0.05, 0) is 43.6 Å². The van der Waals surface area contributed by atoms with E-state index in [9.17, 15) is 0 Å². The quantitative estimate of drug-likeness (QED) is 0.772. The summed E-state index contributed by atoms with van der Waals surface area (Å²) in [7, 11) is 0. The molecule has 112 valence electrons. The highest BCUT2D eigenvalue weighted by molar-refractivity contribution is 6.29. The van der Waals surface area contributed by atoms with Crippen molar-refractivity contribution in [2.45, 2.75) is 59.7 Å². The molecule has 1 aromatic heterocycles. The Kier molecular flexibility index (Phi) is 5.39. The Morgan fingerprint density at radius 1 is 1.35 bits per heavy atom. The van der Waals surface area contributed by atoms with Gasteiger partial charge in [0.1, 0.15) is 11.8 Å². The van der Waals surface area contributed by atoms with Crippen molar-refractivity contribution in [1.29, 1.82) is 0 Å². The second kappa shape index (κ2) is 6.86. The predicted molar refractivity (Wildman–Crippen MR) is 81.7 cm³/mol. The zero-order valence-electron chi connectivity index (χ0n) is 12.9. The number of rotatable bonds is 4. The van der Waals surface area contributed by atoms with Crippen LogP contribution in [0.25, 0.3) is 0 Å². The van der Waals surface area contributed by atoms with E-state index in [2.05, 4.69) is 30.7 Å². The normalized spacial score (nSPS) is 27.0. The molecule has 0 radical (unpaired) electrons. The molecular weight excluding hydrogens is 272 g/mol. The second-order valence-electron chi connectivity index (χ2n) is 6.42. The first-order valence-electron chi connectivity index (χ1n) is 7.57.